The van der Waals surface area contributed by atoms with Crippen LogP contribution in [0.25, 0.3) is 17.0 Å². The summed E-state index contributed by atoms with van der Waals surface area (Å²) in [7, 11) is 1.80. The Kier molecular flexibility index (Phi) is 3.81. The second kappa shape index (κ2) is 5.77. The molecule has 0 saturated carbocycles. The summed E-state index contributed by atoms with van der Waals surface area (Å²) >= 11 is 0. The number of ether oxygens (including phenoxy) is 1. The Morgan fingerprint density at radius 2 is 2.27 bits per heavy atom. The monoisotopic (exact) mass is 298 g/mol. The fourth-order valence-corrected chi connectivity index (χ4v) is 2.84. The van der Waals surface area contributed by atoms with Gasteiger partial charge in [0, 0.05) is 23.9 Å². The second-order valence-corrected chi connectivity index (χ2v) is 5.55. The average molecular weight is 298 g/mol. The highest BCUT2D eigenvalue weighted by molar-refractivity contribution is 5.82. The van der Waals surface area contributed by atoms with Crippen LogP contribution in [-0.2, 0) is 4.79 Å². The lowest BCUT2D eigenvalue weighted by Crippen LogP contribution is -2.32. The van der Waals surface area contributed by atoms with Crippen molar-refractivity contribution in [2.75, 3.05) is 13.6 Å². The molecule has 2 heterocycles. The van der Waals surface area contributed by atoms with Crippen molar-refractivity contribution < 1.29 is 14.6 Å². The third kappa shape index (κ3) is 2.67. The van der Waals surface area contributed by atoms with Crippen LogP contribution in [0, 0.1) is 0 Å². The number of carboxylic acids is 1. The lowest BCUT2D eigenvalue weighted by molar-refractivity contribution is -0.141. The summed E-state index contributed by atoms with van der Waals surface area (Å²) < 4.78 is 5.97. The number of carbonyl (C=O) groups is 1. The Hall–Kier alpha value is -2.40. The SMILES string of the molecule is C=Cc1cc2ccccc2nc1O[C@@H]1C[C@@H](C(=O)O)N(C)C1. The molecule has 1 aromatic heterocycles. The van der Waals surface area contributed by atoms with Crippen LogP contribution in [0.1, 0.15) is 12.0 Å². The molecular formula is C17H18N2O3. The number of rotatable bonds is 4. The van der Waals surface area contributed by atoms with Crippen LogP contribution in [0.5, 0.6) is 5.88 Å². The Morgan fingerprint density at radius 3 is 2.95 bits per heavy atom. The fraction of sp³-hybridized carbons (Fsp3) is 0.294. The standard InChI is InChI=1S/C17H18N2O3/c1-3-11-8-12-6-4-5-7-14(12)18-16(11)22-13-9-15(17(20)21)19(2)10-13/h3-8,13,15H,1,9-10H2,2H3,(H,20,21)/t13-,15+/m1/s1. The zero-order valence-electron chi connectivity index (χ0n) is 12.4. The lowest BCUT2D eigenvalue weighted by Gasteiger charge is -2.15. The number of likely N-dealkylation sites (N-methyl/N-ethyl adjacent to an activating group) is 1. The molecular weight excluding hydrogens is 280 g/mol. The van der Waals surface area contributed by atoms with E-state index in [4.69, 9.17) is 4.74 Å². The van der Waals surface area contributed by atoms with Gasteiger partial charge in [-0.25, -0.2) is 4.98 Å². The first-order chi connectivity index (χ1) is 10.6. The molecule has 2 aromatic rings. The molecule has 3 rings (SSSR count). The number of pyridine rings is 1. The molecule has 1 aliphatic heterocycles. The minimum absolute atomic E-state index is 0.182. The van der Waals surface area contributed by atoms with Gasteiger partial charge in [0.25, 0.3) is 0 Å². The Labute approximate surface area is 128 Å². The Bertz CT molecular complexity index is 729. The zero-order valence-corrected chi connectivity index (χ0v) is 12.4. The van der Waals surface area contributed by atoms with Gasteiger partial charge in [0.15, 0.2) is 0 Å². The van der Waals surface area contributed by atoms with Gasteiger partial charge in [-0.1, -0.05) is 30.9 Å². The number of aromatic nitrogens is 1. The van der Waals surface area contributed by atoms with E-state index in [2.05, 4.69) is 11.6 Å². The summed E-state index contributed by atoms with van der Waals surface area (Å²) in [6.45, 7) is 4.38. The summed E-state index contributed by atoms with van der Waals surface area (Å²) in [4.78, 5) is 17.5. The molecule has 0 radical (unpaired) electrons. The van der Waals surface area contributed by atoms with Gasteiger partial charge in [0.1, 0.15) is 12.1 Å². The maximum atomic E-state index is 11.2. The molecule has 0 amide bonds. The van der Waals surface area contributed by atoms with E-state index in [-0.39, 0.29) is 6.10 Å². The van der Waals surface area contributed by atoms with Gasteiger partial charge < -0.3 is 9.84 Å². The topological polar surface area (TPSA) is 62.7 Å². The van der Waals surface area contributed by atoms with E-state index in [1.165, 1.54) is 0 Å². The second-order valence-electron chi connectivity index (χ2n) is 5.55. The first kappa shape index (κ1) is 14.5. The molecule has 1 aliphatic rings. The summed E-state index contributed by atoms with van der Waals surface area (Å²) in [5, 5.41) is 10.2. The summed E-state index contributed by atoms with van der Waals surface area (Å²) in [5.41, 5.74) is 1.67. The third-order valence-electron chi connectivity index (χ3n) is 4.01. The molecule has 2 atom stereocenters. The van der Waals surface area contributed by atoms with Crippen molar-refractivity contribution in [3.8, 4) is 5.88 Å². The molecule has 0 spiro atoms. The lowest BCUT2D eigenvalue weighted by atomic mass is 10.1. The molecule has 114 valence electrons. The van der Waals surface area contributed by atoms with E-state index in [9.17, 15) is 9.90 Å². The number of likely N-dealkylation sites (tertiary alicyclic amines) is 1. The molecule has 0 aliphatic carbocycles. The van der Waals surface area contributed by atoms with E-state index in [0.717, 1.165) is 16.5 Å². The molecule has 1 aromatic carbocycles. The van der Waals surface area contributed by atoms with Gasteiger partial charge in [-0.15, -0.1) is 0 Å². The Balaban J connectivity index is 1.87. The summed E-state index contributed by atoms with van der Waals surface area (Å²) in [6.07, 6.45) is 1.98. The van der Waals surface area contributed by atoms with Gasteiger partial charge in [-0.05, 0) is 19.2 Å². The maximum Gasteiger partial charge on any atom is 0.321 e. The largest absolute Gasteiger partial charge is 0.480 e. The molecule has 1 N–H and O–H groups in total. The summed E-state index contributed by atoms with van der Waals surface area (Å²) in [5.74, 6) is -0.304. The van der Waals surface area contributed by atoms with E-state index in [1.54, 1.807) is 18.0 Å². The van der Waals surface area contributed by atoms with Crippen molar-refractivity contribution in [2.45, 2.75) is 18.6 Å². The van der Waals surface area contributed by atoms with Crippen molar-refractivity contribution in [1.82, 2.24) is 9.88 Å². The van der Waals surface area contributed by atoms with Crippen LogP contribution in [0.4, 0.5) is 0 Å². The quantitative estimate of drug-likeness (QED) is 0.939. The maximum absolute atomic E-state index is 11.2. The number of hydrogen-bond acceptors (Lipinski definition) is 4. The van der Waals surface area contributed by atoms with Gasteiger partial charge in [-0.3, -0.25) is 9.69 Å². The predicted octanol–water partition coefficient (Wildman–Crippen LogP) is 2.41. The molecule has 0 bridgehead atoms. The predicted molar refractivity (Wildman–Crippen MR) is 84.9 cm³/mol. The fourth-order valence-electron chi connectivity index (χ4n) is 2.84. The van der Waals surface area contributed by atoms with Gasteiger partial charge >= 0.3 is 5.97 Å². The van der Waals surface area contributed by atoms with E-state index < -0.39 is 12.0 Å². The zero-order chi connectivity index (χ0) is 15.7. The van der Waals surface area contributed by atoms with Crippen LogP contribution in [0.15, 0.2) is 36.9 Å². The van der Waals surface area contributed by atoms with Gasteiger partial charge in [0.2, 0.25) is 5.88 Å². The van der Waals surface area contributed by atoms with Crippen LogP contribution in [0.3, 0.4) is 0 Å². The summed E-state index contributed by atoms with van der Waals surface area (Å²) in [6, 6.07) is 9.28. The number of para-hydroxylation sites is 1. The molecule has 5 heteroatoms. The first-order valence-electron chi connectivity index (χ1n) is 7.20. The van der Waals surface area contributed by atoms with Crippen molar-refractivity contribution in [2.24, 2.45) is 0 Å². The van der Waals surface area contributed by atoms with E-state index in [0.29, 0.717) is 18.8 Å². The highest BCUT2D eigenvalue weighted by atomic mass is 16.5. The molecule has 1 fully saturated rings. The normalized spacial score (nSPS) is 21.9. The number of aliphatic carboxylic acids is 1. The molecule has 22 heavy (non-hydrogen) atoms. The first-order valence-corrected chi connectivity index (χ1v) is 7.20. The highest BCUT2D eigenvalue weighted by Crippen LogP contribution is 2.27. The van der Waals surface area contributed by atoms with Gasteiger partial charge in [0.05, 0.1) is 5.52 Å². The molecule has 1 saturated heterocycles. The minimum atomic E-state index is -0.816. The highest BCUT2D eigenvalue weighted by Gasteiger charge is 2.36. The number of nitrogens with zero attached hydrogens (tertiary/aromatic N) is 2. The number of benzene rings is 1. The average Bonchev–Trinajstić information content (AvgIpc) is 2.87. The van der Waals surface area contributed by atoms with Crippen molar-refractivity contribution in [3.63, 3.8) is 0 Å². The molecule has 0 unspecified atom stereocenters. The van der Waals surface area contributed by atoms with Crippen molar-refractivity contribution in [1.29, 1.82) is 0 Å². The van der Waals surface area contributed by atoms with Crippen molar-refractivity contribution in [3.05, 3.63) is 42.5 Å². The third-order valence-corrected chi connectivity index (χ3v) is 4.01. The van der Waals surface area contributed by atoms with Crippen LogP contribution in [-0.4, -0.2) is 46.7 Å². The Morgan fingerprint density at radius 1 is 1.50 bits per heavy atom. The van der Waals surface area contributed by atoms with Crippen LogP contribution >= 0.6 is 0 Å². The van der Waals surface area contributed by atoms with E-state index in [1.807, 2.05) is 30.3 Å². The van der Waals surface area contributed by atoms with Crippen LogP contribution in [0.2, 0.25) is 0 Å². The molecule has 5 nitrogen and oxygen atoms in total. The number of carboxylic acid groups (broad SMARTS) is 1. The van der Waals surface area contributed by atoms with E-state index >= 15 is 0 Å². The van der Waals surface area contributed by atoms with Crippen LogP contribution < -0.4 is 4.74 Å². The number of hydrogen-bond donors (Lipinski definition) is 1. The minimum Gasteiger partial charge on any atom is -0.480 e. The smallest absolute Gasteiger partial charge is 0.321 e. The number of fused-ring (bicyclic) bond motifs is 1. The van der Waals surface area contributed by atoms with Crippen molar-refractivity contribution >= 4 is 22.9 Å². The van der Waals surface area contributed by atoms with Gasteiger partial charge in [-0.2, -0.15) is 0 Å².